The zero-order chi connectivity index (χ0) is 19.7. The minimum atomic E-state index is -0.343. The molecule has 4 aromatic rings. The van der Waals surface area contributed by atoms with E-state index in [0.717, 1.165) is 45.8 Å². The minimum absolute atomic E-state index is 0.296. The molecule has 0 saturated heterocycles. The maximum Gasteiger partial charge on any atom is 0.340 e. The van der Waals surface area contributed by atoms with Gasteiger partial charge in [0.15, 0.2) is 0 Å². The highest BCUT2D eigenvalue weighted by molar-refractivity contribution is 6.19. The number of nitrogens with zero attached hydrogens (tertiary/aromatic N) is 1. The molecule has 0 unspecified atom stereocenters. The van der Waals surface area contributed by atoms with Gasteiger partial charge in [0, 0.05) is 23.3 Å². The van der Waals surface area contributed by atoms with Crippen molar-refractivity contribution in [3.63, 3.8) is 0 Å². The first-order valence-corrected chi connectivity index (χ1v) is 9.55. The lowest BCUT2D eigenvalue weighted by molar-refractivity contribution is 0.0501. The van der Waals surface area contributed by atoms with Gasteiger partial charge in [0.25, 0.3) is 0 Å². The molecule has 0 radical (unpaired) electrons. The molecule has 142 valence electrons. The number of ether oxygens (including phenoxy) is 1. The third kappa shape index (κ3) is 3.05. The van der Waals surface area contributed by atoms with Crippen molar-refractivity contribution in [1.82, 2.24) is 4.57 Å². The van der Waals surface area contributed by atoms with Gasteiger partial charge in [-0.2, -0.15) is 0 Å². The molecule has 3 nitrogen and oxygen atoms in total. The number of hydrogen-bond donors (Lipinski definition) is 0. The molecule has 1 heterocycles. The van der Waals surface area contributed by atoms with E-state index in [2.05, 4.69) is 6.92 Å². The van der Waals surface area contributed by atoms with E-state index in [1.165, 1.54) is 12.1 Å². The van der Waals surface area contributed by atoms with E-state index in [1.54, 1.807) is 6.07 Å². The summed E-state index contributed by atoms with van der Waals surface area (Å²) in [7, 11) is 1.90. The van der Waals surface area contributed by atoms with Gasteiger partial charge in [-0.3, -0.25) is 0 Å². The van der Waals surface area contributed by atoms with Crippen molar-refractivity contribution in [2.75, 3.05) is 6.61 Å². The first-order valence-electron chi connectivity index (χ1n) is 9.55. The van der Waals surface area contributed by atoms with Crippen LogP contribution in [-0.2, 0) is 11.8 Å². The lowest BCUT2D eigenvalue weighted by Gasteiger charge is -2.10. The largest absolute Gasteiger partial charge is 0.462 e. The molecule has 0 bridgehead atoms. The second kappa shape index (κ2) is 7.47. The molecule has 0 atom stereocenters. The number of unbranched alkanes of at least 4 members (excludes halogenated alkanes) is 1. The number of halogens is 1. The topological polar surface area (TPSA) is 31.2 Å². The zero-order valence-electron chi connectivity index (χ0n) is 16.0. The Balaban J connectivity index is 2.01. The van der Waals surface area contributed by atoms with Crippen molar-refractivity contribution in [3.05, 3.63) is 72.0 Å². The smallest absolute Gasteiger partial charge is 0.340 e. The van der Waals surface area contributed by atoms with Crippen molar-refractivity contribution >= 4 is 27.8 Å². The van der Waals surface area contributed by atoms with E-state index >= 15 is 0 Å². The number of carbonyl (C=O) groups excluding carboxylic acids is 1. The molecule has 0 spiro atoms. The molecule has 1 aromatic heterocycles. The third-order valence-corrected chi connectivity index (χ3v) is 5.14. The van der Waals surface area contributed by atoms with Crippen LogP contribution in [0.2, 0.25) is 0 Å². The summed E-state index contributed by atoms with van der Waals surface area (Å²) < 4.78 is 21.5. The van der Waals surface area contributed by atoms with E-state index in [4.69, 9.17) is 4.74 Å². The summed E-state index contributed by atoms with van der Waals surface area (Å²) in [6, 6.07) is 18.4. The van der Waals surface area contributed by atoms with Gasteiger partial charge in [0.05, 0.1) is 17.7 Å². The van der Waals surface area contributed by atoms with Crippen molar-refractivity contribution in [3.8, 4) is 11.1 Å². The Morgan fingerprint density at radius 1 is 1.07 bits per heavy atom. The summed E-state index contributed by atoms with van der Waals surface area (Å²) in [6.45, 7) is 2.45. The van der Waals surface area contributed by atoms with Crippen LogP contribution in [0.3, 0.4) is 0 Å². The van der Waals surface area contributed by atoms with E-state index in [1.807, 2.05) is 54.1 Å². The molecule has 0 amide bonds. The Bertz CT molecular complexity index is 1160. The number of esters is 1. The molecule has 28 heavy (non-hydrogen) atoms. The highest BCUT2D eigenvalue weighted by Crippen LogP contribution is 2.38. The van der Waals surface area contributed by atoms with Crippen LogP contribution in [0, 0.1) is 5.82 Å². The van der Waals surface area contributed by atoms with Crippen molar-refractivity contribution < 1.29 is 13.9 Å². The number of aryl methyl sites for hydroxylation is 1. The average Bonchev–Trinajstić information content (AvgIpc) is 3.00. The molecule has 0 aliphatic carbocycles. The summed E-state index contributed by atoms with van der Waals surface area (Å²) in [5.41, 5.74) is 4.14. The fraction of sp³-hybridized carbons (Fsp3) is 0.208. The van der Waals surface area contributed by atoms with Crippen LogP contribution in [0.25, 0.3) is 32.9 Å². The SMILES string of the molecule is CCCCOC(=O)c1ccc(-c2ccccc2)c2c3cc(F)ccc3n(C)c12. The minimum Gasteiger partial charge on any atom is -0.462 e. The lowest BCUT2D eigenvalue weighted by atomic mass is 9.97. The summed E-state index contributed by atoms with van der Waals surface area (Å²) in [5, 5.41) is 1.66. The second-order valence-corrected chi connectivity index (χ2v) is 6.96. The summed E-state index contributed by atoms with van der Waals surface area (Å²) in [6.07, 6.45) is 1.79. The van der Waals surface area contributed by atoms with E-state index in [-0.39, 0.29) is 11.8 Å². The number of carbonyl (C=O) groups is 1. The predicted octanol–water partition coefficient (Wildman–Crippen LogP) is 6.09. The maximum atomic E-state index is 14.1. The van der Waals surface area contributed by atoms with Gasteiger partial charge in [-0.15, -0.1) is 0 Å². The molecule has 4 rings (SSSR count). The van der Waals surface area contributed by atoms with Crippen molar-refractivity contribution in [1.29, 1.82) is 0 Å². The Labute approximate surface area is 163 Å². The van der Waals surface area contributed by atoms with Gasteiger partial charge in [0.2, 0.25) is 0 Å². The maximum absolute atomic E-state index is 14.1. The highest BCUT2D eigenvalue weighted by atomic mass is 19.1. The molecule has 4 heteroatoms. The Morgan fingerprint density at radius 3 is 2.61 bits per heavy atom. The van der Waals surface area contributed by atoms with Crippen LogP contribution in [0.5, 0.6) is 0 Å². The van der Waals surface area contributed by atoms with Crippen molar-refractivity contribution in [2.24, 2.45) is 7.05 Å². The van der Waals surface area contributed by atoms with Crippen LogP contribution < -0.4 is 0 Å². The molecular formula is C24H22FNO2. The predicted molar refractivity (Wildman–Crippen MR) is 111 cm³/mol. The standard InChI is InChI=1S/C24H22FNO2/c1-3-4-14-28-24(27)19-12-11-18(16-8-6-5-7-9-16)22-20-15-17(25)10-13-21(20)26(2)23(19)22/h5-13,15H,3-4,14H2,1-2H3. The summed E-state index contributed by atoms with van der Waals surface area (Å²) in [5.74, 6) is -0.639. The molecule has 0 aliphatic rings. The number of hydrogen-bond acceptors (Lipinski definition) is 2. The van der Waals surface area contributed by atoms with E-state index in [9.17, 15) is 9.18 Å². The van der Waals surface area contributed by atoms with Crippen LogP contribution in [-0.4, -0.2) is 17.1 Å². The molecule has 0 aliphatic heterocycles. The first kappa shape index (κ1) is 18.2. The van der Waals surface area contributed by atoms with Crippen LogP contribution in [0.15, 0.2) is 60.7 Å². The quantitative estimate of drug-likeness (QED) is 0.312. The van der Waals surface area contributed by atoms with Gasteiger partial charge in [-0.05, 0) is 41.8 Å². The Hall–Kier alpha value is -3.14. The number of fused-ring (bicyclic) bond motifs is 3. The molecule has 0 saturated carbocycles. The summed E-state index contributed by atoms with van der Waals surface area (Å²) >= 11 is 0. The zero-order valence-corrected chi connectivity index (χ0v) is 16.0. The summed E-state index contributed by atoms with van der Waals surface area (Å²) in [4.78, 5) is 12.8. The lowest BCUT2D eigenvalue weighted by Crippen LogP contribution is -2.08. The molecule has 3 aromatic carbocycles. The Morgan fingerprint density at radius 2 is 1.86 bits per heavy atom. The van der Waals surface area contributed by atoms with Crippen LogP contribution in [0.1, 0.15) is 30.1 Å². The second-order valence-electron chi connectivity index (χ2n) is 6.96. The van der Waals surface area contributed by atoms with Crippen LogP contribution in [0.4, 0.5) is 4.39 Å². The van der Waals surface area contributed by atoms with E-state index < -0.39 is 0 Å². The average molecular weight is 375 g/mol. The molecule has 0 N–H and O–H groups in total. The number of aromatic nitrogens is 1. The van der Waals surface area contributed by atoms with Crippen molar-refractivity contribution in [2.45, 2.75) is 19.8 Å². The molecular weight excluding hydrogens is 353 g/mol. The van der Waals surface area contributed by atoms with Gasteiger partial charge >= 0.3 is 5.97 Å². The Kier molecular flexibility index (Phi) is 4.86. The highest BCUT2D eigenvalue weighted by Gasteiger charge is 2.21. The van der Waals surface area contributed by atoms with Gasteiger partial charge in [-0.25, -0.2) is 9.18 Å². The van der Waals surface area contributed by atoms with E-state index in [0.29, 0.717) is 12.2 Å². The number of rotatable bonds is 5. The first-order chi connectivity index (χ1) is 13.6. The van der Waals surface area contributed by atoms with Gasteiger partial charge < -0.3 is 9.30 Å². The van der Waals surface area contributed by atoms with Crippen LogP contribution >= 0.6 is 0 Å². The fourth-order valence-electron chi connectivity index (χ4n) is 3.74. The fourth-order valence-corrected chi connectivity index (χ4v) is 3.74. The van der Waals surface area contributed by atoms with Gasteiger partial charge in [-0.1, -0.05) is 49.7 Å². The third-order valence-electron chi connectivity index (χ3n) is 5.14. The monoisotopic (exact) mass is 375 g/mol. The number of benzene rings is 3. The molecule has 0 fully saturated rings. The van der Waals surface area contributed by atoms with Gasteiger partial charge in [0.1, 0.15) is 5.82 Å². The normalized spacial score (nSPS) is 11.2.